The van der Waals surface area contributed by atoms with Crippen LogP contribution in [0, 0.1) is 0 Å². The van der Waals surface area contributed by atoms with E-state index in [1.54, 1.807) is 0 Å². The van der Waals surface area contributed by atoms with Crippen LogP contribution in [-0.2, 0) is 0 Å². The Morgan fingerprint density at radius 2 is 0.746 bits per heavy atom. The number of fused-ring (bicyclic) bond motifs is 10. The van der Waals surface area contributed by atoms with Crippen molar-refractivity contribution in [2.45, 2.75) is 0 Å². The molecule has 0 aliphatic carbocycles. The Labute approximate surface area is 362 Å². The van der Waals surface area contributed by atoms with E-state index in [0.717, 1.165) is 66.6 Å². The van der Waals surface area contributed by atoms with E-state index >= 15 is 0 Å². The van der Waals surface area contributed by atoms with Crippen LogP contribution in [-0.4, -0.2) is 28.7 Å². The summed E-state index contributed by atoms with van der Waals surface area (Å²) >= 11 is 0. The number of para-hydroxylation sites is 5. The van der Waals surface area contributed by atoms with Gasteiger partial charge in [-0.15, -0.1) is 0 Å². The topological polar surface area (TPSA) is 53.5 Å². The van der Waals surface area contributed by atoms with Gasteiger partial charge in [-0.3, -0.25) is 0 Å². The molecule has 9 aromatic carbocycles. The Morgan fingerprint density at radius 1 is 0.270 bits per heavy atom. The van der Waals surface area contributed by atoms with Gasteiger partial charge in [0.05, 0.1) is 33.1 Å². The van der Waals surface area contributed by atoms with Crippen molar-refractivity contribution < 1.29 is 0 Å². The van der Waals surface area contributed by atoms with Crippen LogP contribution in [0.5, 0.6) is 0 Å². The first-order chi connectivity index (χ1) is 31.3. The summed E-state index contributed by atoms with van der Waals surface area (Å²) in [6, 6.07) is 77.3. The molecule has 4 heterocycles. The van der Waals surface area contributed by atoms with Gasteiger partial charge in [-0.05, 0) is 66.7 Å². The van der Waals surface area contributed by atoms with Crippen molar-refractivity contribution in [2.24, 2.45) is 0 Å². The van der Waals surface area contributed by atoms with E-state index in [-0.39, 0.29) is 0 Å². The molecule has 4 aromatic heterocycles. The van der Waals surface area contributed by atoms with Crippen LogP contribution in [0.1, 0.15) is 0 Å². The zero-order chi connectivity index (χ0) is 41.4. The number of rotatable bonds is 6. The van der Waals surface area contributed by atoms with E-state index in [0.29, 0.717) is 17.5 Å². The molecule has 0 saturated carbocycles. The second-order valence-corrected chi connectivity index (χ2v) is 16.0. The van der Waals surface area contributed by atoms with Crippen LogP contribution in [0.2, 0.25) is 0 Å². The van der Waals surface area contributed by atoms with Gasteiger partial charge in [0.1, 0.15) is 0 Å². The lowest BCUT2D eigenvalue weighted by Crippen LogP contribution is -2.02. The Bertz CT molecular complexity index is 3830. The Morgan fingerprint density at radius 3 is 1.41 bits per heavy atom. The van der Waals surface area contributed by atoms with Gasteiger partial charge in [-0.1, -0.05) is 152 Å². The van der Waals surface area contributed by atoms with Crippen molar-refractivity contribution in [3.63, 3.8) is 0 Å². The van der Waals surface area contributed by atoms with Gasteiger partial charge < -0.3 is 13.7 Å². The average Bonchev–Trinajstić information content (AvgIpc) is 4.00. The van der Waals surface area contributed by atoms with Crippen molar-refractivity contribution in [1.29, 1.82) is 0 Å². The van der Waals surface area contributed by atoms with E-state index < -0.39 is 0 Å². The summed E-state index contributed by atoms with van der Waals surface area (Å²) in [7, 11) is 0. The minimum Gasteiger partial charge on any atom is -0.309 e. The first-order valence-electron chi connectivity index (χ1n) is 21.3. The maximum Gasteiger partial charge on any atom is 0.166 e. The zero-order valence-corrected chi connectivity index (χ0v) is 34.0. The Kier molecular flexibility index (Phi) is 7.80. The summed E-state index contributed by atoms with van der Waals surface area (Å²) in [6.45, 7) is 0. The first kappa shape index (κ1) is 35.2. The van der Waals surface area contributed by atoms with Crippen molar-refractivity contribution in [3.8, 4) is 51.2 Å². The molecule has 0 aliphatic heterocycles. The predicted octanol–water partition coefficient (Wildman–Crippen LogP) is 14.2. The minimum atomic E-state index is 0.620. The molecular formula is C57H36N6. The molecule has 6 nitrogen and oxygen atoms in total. The summed E-state index contributed by atoms with van der Waals surface area (Å²) in [6.07, 6.45) is 0. The highest BCUT2D eigenvalue weighted by atomic mass is 15.1. The Balaban J connectivity index is 1.12. The third-order valence-corrected chi connectivity index (χ3v) is 12.5. The fourth-order valence-corrected chi connectivity index (χ4v) is 9.78. The van der Waals surface area contributed by atoms with E-state index in [9.17, 15) is 0 Å². The molecule has 0 radical (unpaired) electrons. The second kappa shape index (κ2) is 14.0. The molecule has 0 aliphatic rings. The number of hydrogen-bond acceptors (Lipinski definition) is 3. The second-order valence-electron chi connectivity index (χ2n) is 16.0. The standard InChI is InChI=1S/C57H36N6/c1-5-18-37(19-6-1)55-58-56(38-20-7-2-8-21-38)60-57(59-55)46-29-17-28-43-44-33-35-51-52(54(44)63(53(43)46)40-24-11-4-12-25-40)45-27-14-16-31-49(45)62(51)41-32-34-50-47(36-41)42-26-13-15-30-48(42)61(50)39-22-9-3-10-23-39/h1-36H. The maximum atomic E-state index is 5.24. The van der Waals surface area contributed by atoms with Crippen LogP contribution in [0.25, 0.3) is 117 Å². The summed E-state index contributed by atoms with van der Waals surface area (Å²) in [5.41, 5.74) is 12.9. The van der Waals surface area contributed by atoms with Gasteiger partial charge >= 0.3 is 0 Å². The number of aromatic nitrogens is 6. The normalized spacial score (nSPS) is 11.8. The van der Waals surface area contributed by atoms with Crippen molar-refractivity contribution >= 4 is 65.4 Å². The third kappa shape index (κ3) is 5.41. The van der Waals surface area contributed by atoms with Gasteiger partial charge in [-0.2, -0.15) is 0 Å². The lowest BCUT2D eigenvalue weighted by molar-refractivity contribution is 1.07. The molecular weight excluding hydrogens is 769 g/mol. The maximum absolute atomic E-state index is 5.24. The van der Waals surface area contributed by atoms with Crippen molar-refractivity contribution in [2.75, 3.05) is 0 Å². The minimum absolute atomic E-state index is 0.620. The van der Waals surface area contributed by atoms with Gasteiger partial charge in [0.2, 0.25) is 0 Å². The molecule has 0 spiro atoms. The number of hydrogen-bond donors (Lipinski definition) is 0. The van der Waals surface area contributed by atoms with E-state index in [1.807, 2.05) is 36.4 Å². The average molecular weight is 805 g/mol. The van der Waals surface area contributed by atoms with Gasteiger partial charge in [0.25, 0.3) is 0 Å². The van der Waals surface area contributed by atoms with Gasteiger partial charge in [0, 0.05) is 66.1 Å². The summed E-state index contributed by atoms with van der Waals surface area (Å²) in [5.74, 6) is 1.89. The van der Waals surface area contributed by atoms with Crippen LogP contribution >= 0.6 is 0 Å². The summed E-state index contributed by atoms with van der Waals surface area (Å²) in [4.78, 5) is 15.5. The molecule has 0 unspecified atom stereocenters. The molecule has 294 valence electrons. The third-order valence-electron chi connectivity index (χ3n) is 12.5. The SMILES string of the molecule is c1ccc(-c2nc(-c3ccccc3)nc(-c3cccc4c5ccc6c(c7ccccc7n6-c6ccc7c(c6)c6ccccc6n7-c6ccccc6)c5n(-c5ccccc5)c34)n2)cc1. The van der Waals surface area contributed by atoms with Crippen LogP contribution in [0.15, 0.2) is 218 Å². The first-order valence-corrected chi connectivity index (χ1v) is 21.3. The number of benzene rings is 9. The summed E-state index contributed by atoms with van der Waals surface area (Å²) in [5, 5.41) is 7.10. The zero-order valence-electron chi connectivity index (χ0n) is 34.0. The van der Waals surface area contributed by atoms with E-state index in [2.05, 4.69) is 196 Å². The van der Waals surface area contributed by atoms with Crippen LogP contribution in [0.4, 0.5) is 0 Å². The van der Waals surface area contributed by atoms with Crippen molar-refractivity contribution in [1.82, 2.24) is 28.7 Å². The van der Waals surface area contributed by atoms with Gasteiger partial charge in [0.15, 0.2) is 17.5 Å². The molecule has 0 atom stereocenters. The monoisotopic (exact) mass is 804 g/mol. The highest BCUT2D eigenvalue weighted by Gasteiger charge is 2.25. The molecule has 13 rings (SSSR count). The van der Waals surface area contributed by atoms with E-state index in [1.165, 1.54) is 32.6 Å². The summed E-state index contributed by atoms with van der Waals surface area (Å²) < 4.78 is 7.25. The molecule has 0 bridgehead atoms. The van der Waals surface area contributed by atoms with Gasteiger partial charge in [-0.25, -0.2) is 15.0 Å². The molecule has 0 N–H and O–H groups in total. The molecule has 0 saturated heterocycles. The van der Waals surface area contributed by atoms with Crippen LogP contribution < -0.4 is 0 Å². The molecule has 6 heteroatoms. The lowest BCUT2D eigenvalue weighted by atomic mass is 10.1. The largest absolute Gasteiger partial charge is 0.309 e. The highest BCUT2D eigenvalue weighted by molar-refractivity contribution is 6.27. The molecule has 13 aromatic rings. The molecule has 63 heavy (non-hydrogen) atoms. The number of nitrogens with zero attached hydrogens (tertiary/aromatic N) is 6. The van der Waals surface area contributed by atoms with Crippen LogP contribution in [0.3, 0.4) is 0 Å². The Hall–Kier alpha value is -8.61. The molecule has 0 fully saturated rings. The highest BCUT2D eigenvalue weighted by Crippen LogP contribution is 2.45. The van der Waals surface area contributed by atoms with Crippen molar-refractivity contribution in [3.05, 3.63) is 218 Å². The lowest BCUT2D eigenvalue weighted by Gasteiger charge is -2.13. The fraction of sp³-hybridized carbons (Fsp3) is 0. The quantitative estimate of drug-likeness (QED) is 0.168. The van der Waals surface area contributed by atoms with E-state index in [4.69, 9.17) is 15.0 Å². The molecule has 0 amide bonds. The smallest absolute Gasteiger partial charge is 0.166 e. The predicted molar refractivity (Wildman–Crippen MR) is 259 cm³/mol. The fourth-order valence-electron chi connectivity index (χ4n) is 9.78.